The van der Waals surface area contributed by atoms with Crippen molar-refractivity contribution in [2.45, 2.75) is 33.2 Å². The smallest absolute Gasteiger partial charge is 0.237 e. The molecule has 6 nitrogen and oxygen atoms in total. The number of benzene rings is 1. The zero-order valence-electron chi connectivity index (χ0n) is 16.8. The largest absolute Gasteiger partial charge is 0.497 e. The highest BCUT2D eigenvalue weighted by Crippen LogP contribution is 2.31. The van der Waals surface area contributed by atoms with E-state index in [-0.39, 0.29) is 36.1 Å². The van der Waals surface area contributed by atoms with Crippen LogP contribution in [0, 0.1) is 11.3 Å². The molecule has 8 heteroatoms. The van der Waals surface area contributed by atoms with Crippen LogP contribution in [0.4, 0.5) is 5.69 Å². The van der Waals surface area contributed by atoms with Crippen LogP contribution in [0.1, 0.15) is 27.2 Å². The Morgan fingerprint density at radius 1 is 1.22 bits per heavy atom. The van der Waals surface area contributed by atoms with E-state index in [0.29, 0.717) is 12.5 Å². The molecule has 1 saturated heterocycles. The van der Waals surface area contributed by atoms with Crippen molar-refractivity contribution in [1.82, 2.24) is 5.32 Å². The number of halogens is 2. The van der Waals surface area contributed by atoms with E-state index in [9.17, 15) is 4.79 Å². The molecule has 1 aliphatic rings. The summed E-state index contributed by atoms with van der Waals surface area (Å²) in [6.45, 7) is 8.42. The number of hydrogen-bond donors (Lipinski definition) is 2. The lowest BCUT2D eigenvalue weighted by Gasteiger charge is -2.26. The lowest BCUT2D eigenvalue weighted by atomic mass is 9.87. The molecule has 0 radical (unpaired) electrons. The summed E-state index contributed by atoms with van der Waals surface area (Å²) in [5.74, 6) is 1.90. The van der Waals surface area contributed by atoms with E-state index in [1.807, 2.05) is 39.0 Å². The molecular weight excluding hydrogens is 389 g/mol. The summed E-state index contributed by atoms with van der Waals surface area (Å²) in [4.78, 5) is 14.5. The second-order valence-electron chi connectivity index (χ2n) is 7.76. The number of nitrogens with one attached hydrogen (secondary N) is 1. The van der Waals surface area contributed by atoms with Crippen molar-refractivity contribution in [3.63, 3.8) is 0 Å². The van der Waals surface area contributed by atoms with Crippen LogP contribution in [0.15, 0.2) is 18.2 Å². The minimum Gasteiger partial charge on any atom is -0.497 e. The minimum absolute atomic E-state index is 0. The second-order valence-corrected chi connectivity index (χ2v) is 7.76. The number of nitrogens with two attached hydrogens (primary N) is 1. The first kappa shape index (κ1) is 25.6. The third-order valence-electron chi connectivity index (χ3n) is 4.77. The van der Waals surface area contributed by atoms with E-state index >= 15 is 0 Å². The number of carbonyl (C=O) groups excluding carboxylic acids is 1. The monoisotopic (exact) mass is 421 g/mol. The first-order chi connectivity index (χ1) is 11.7. The molecular formula is C19H33Cl2N3O3. The SMILES string of the molecule is COc1cc(OC)cc(N2CCC(CNC(=O)[C@@H](N)C(C)(C)C)C2)c1.Cl.Cl. The minimum atomic E-state index is -0.493. The van der Waals surface area contributed by atoms with Gasteiger partial charge in [0, 0.05) is 43.5 Å². The quantitative estimate of drug-likeness (QED) is 0.737. The van der Waals surface area contributed by atoms with Crippen LogP contribution in [0.2, 0.25) is 0 Å². The number of amides is 1. The van der Waals surface area contributed by atoms with Crippen LogP contribution in [0.5, 0.6) is 11.5 Å². The summed E-state index contributed by atoms with van der Waals surface area (Å²) in [5.41, 5.74) is 6.86. The molecule has 1 amide bonds. The van der Waals surface area contributed by atoms with Crippen molar-refractivity contribution in [3.8, 4) is 11.5 Å². The summed E-state index contributed by atoms with van der Waals surface area (Å²) >= 11 is 0. The molecule has 27 heavy (non-hydrogen) atoms. The predicted octanol–water partition coefficient (Wildman–Crippen LogP) is 2.86. The van der Waals surface area contributed by atoms with Crippen molar-refractivity contribution in [1.29, 1.82) is 0 Å². The molecule has 2 rings (SSSR count). The number of nitrogens with zero attached hydrogens (tertiary/aromatic N) is 1. The van der Waals surface area contributed by atoms with Gasteiger partial charge in [-0.05, 0) is 17.8 Å². The molecule has 3 N–H and O–H groups in total. The predicted molar refractivity (Wildman–Crippen MR) is 115 cm³/mol. The summed E-state index contributed by atoms with van der Waals surface area (Å²) in [6, 6.07) is 5.40. The van der Waals surface area contributed by atoms with Crippen LogP contribution in [0.3, 0.4) is 0 Å². The Labute approximate surface area is 175 Å². The number of methoxy groups -OCH3 is 2. The zero-order chi connectivity index (χ0) is 18.6. The average molecular weight is 422 g/mol. The van der Waals surface area contributed by atoms with Crippen LogP contribution >= 0.6 is 24.8 Å². The fraction of sp³-hybridized carbons (Fsp3) is 0.632. The van der Waals surface area contributed by atoms with Crippen LogP contribution in [0.25, 0.3) is 0 Å². The van der Waals surface area contributed by atoms with Crippen LogP contribution < -0.4 is 25.4 Å². The summed E-state index contributed by atoms with van der Waals surface area (Å²) in [6.07, 6.45) is 1.03. The number of ether oxygens (including phenoxy) is 2. The zero-order valence-corrected chi connectivity index (χ0v) is 18.4. The number of anilines is 1. The molecule has 1 unspecified atom stereocenters. The van der Waals surface area contributed by atoms with Gasteiger partial charge in [0.2, 0.25) is 5.91 Å². The molecule has 0 aromatic heterocycles. The van der Waals surface area contributed by atoms with Crippen LogP contribution in [-0.2, 0) is 4.79 Å². The van der Waals surface area contributed by atoms with Gasteiger partial charge in [0.1, 0.15) is 11.5 Å². The Hall–Kier alpha value is -1.37. The van der Waals surface area contributed by atoms with Gasteiger partial charge in [-0.25, -0.2) is 0 Å². The Morgan fingerprint density at radius 2 is 1.78 bits per heavy atom. The Balaban J connectivity index is 0.00000338. The average Bonchev–Trinajstić information content (AvgIpc) is 3.06. The van der Waals surface area contributed by atoms with Gasteiger partial charge in [0.05, 0.1) is 20.3 Å². The second kappa shape index (κ2) is 10.8. The van der Waals surface area contributed by atoms with Crippen molar-refractivity contribution in [2.75, 3.05) is 38.8 Å². The molecule has 1 aromatic rings. The number of rotatable bonds is 6. The Bertz CT molecular complexity index is 586. The fourth-order valence-corrected chi connectivity index (χ4v) is 2.96. The summed E-state index contributed by atoms with van der Waals surface area (Å²) in [5, 5.41) is 3.01. The first-order valence-corrected chi connectivity index (χ1v) is 8.76. The standard InChI is InChI=1S/C19H31N3O3.2ClH/c1-19(2,3)17(20)18(23)21-11-13-6-7-22(12-13)14-8-15(24-4)10-16(9-14)25-5;;/h8-10,13,17H,6-7,11-12,20H2,1-5H3,(H,21,23);2*1H/t13?,17-;;/m1../s1. The van der Waals surface area contributed by atoms with Gasteiger partial charge in [0.15, 0.2) is 0 Å². The van der Waals surface area contributed by atoms with Gasteiger partial charge >= 0.3 is 0 Å². The highest BCUT2D eigenvalue weighted by molar-refractivity contribution is 5.85. The number of hydrogen-bond acceptors (Lipinski definition) is 5. The maximum Gasteiger partial charge on any atom is 0.237 e. The highest BCUT2D eigenvalue weighted by Gasteiger charge is 2.29. The third kappa shape index (κ3) is 6.94. The van der Waals surface area contributed by atoms with E-state index < -0.39 is 6.04 Å². The van der Waals surface area contributed by atoms with Crippen molar-refractivity contribution in [3.05, 3.63) is 18.2 Å². The molecule has 0 aliphatic carbocycles. The topological polar surface area (TPSA) is 76.8 Å². The molecule has 2 atom stereocenters. The molecule has 0 bridgehead atoms. The molecule has 1 fully saturated rings. The fourth-order valence-electron chi connectivity index (χ4n) is 2.96. The van der Waals surface area contributed by atoms with Gasteiger partial charge in [-0.3, -0.25) is 4.79 Å². The van der Waals surface area contributed by atoms with E-state index in [1.54, 1.807) is 14.2 Å². The maximum atomic E-state index is 12.2. The van der Waals surface area contributed by atoms with Gasteiger partial charge in [0.25, 0.3) is 0 Å². The van der Waals surface area contributed by atoms with Crippen molar-refractivity contribution < 1.29 is 14.3 Å². The van der Waals surface area contributed by atoms with Gasteiger partial charge in [-0.1, -0.05) is 20.8 Å². The van der Waals surface area contributed by atoms with Crippen molar-refractivity contribution in [2.24, 2.45) is 17.1 Å². The molecule has 0 spiro atoms. The molecule has 156 valence electrons. The lowest BCUT2D eigenvalue weighted by Crippen LogP contribution is -2.49. The van der Waals surface area contributed by atoms with Gasteiger partial charge in [-0.15, -0.1) is 24.8 Å². The maximum absolute atomic E-state index is 12.2. The molecule has 1 aromatic carbocycles. The normalized spacial score (nSPS) is 17.4. The third-order valence-corrected chi connectivity index (χ3v) is 4.77. The van der Waals surface area contributed by atoms with E-state index in [0.717, 1.165) is 36.7 Å². The Morgan fingerprint density at radius 3 is 2.26 bits per heavy atom. The summed E-state index contributed by atoms with van der Waals surface area (Å²) in [7, 11) is 3.30. The van der Waals surface area contributed by atoms with Gasteiger partial charge < -0.3 is 25.4 Å². The highest BCUT2D eigenvalue weighted by atomic mass is 35.5. The van der Waals surface area contributed by atoms with E-state index in [2.05, 4.69) is 10.2 Å². The van der Waals surface area contributed by atoms with E-state index in [1.165, 1.54) is 0 Å². The molecule has 1 aliphatic heterocycles. The van der Waals surface area contributed by atoms with Crippen LogP contribution in [-0.4, -0.2) is 45.8 Å². The lowest BCUT2D eigenvalue weighted by molar-refractivity contribution is -0.124. The molecule has 1 heterocycles. The van der Waals surface area contributed by atoms with Gasteiger partial charge in [-0.2, -0.15) is 0 Å². The Kier molecular flexibility index (Phi) is 10.3. The summed E-state index contributed by atoms with van der Waals surface area (Å²) < 4.78 is 10.7. The number of carbonyl (C=O) groups is 1. The van der Waals surface area contributed by atoms with Crippen molar-refractivity contribution >= 4 is 36.4 Å². The molecule has 0 saturated carbocycles. The van der Waals surface area contributed by atoms with E-state index in [4.69, 9.17) is 15.2 Å². The first-order valence-electron chi connectivity index (χ1n) is 8.76.